The number of rotatable bonds is 5. The summed E-state index contributed by atoms with van der Waals surface area (Å²) in [7, 11) is 1.55. The molecule has 0 aromatic carbocycles. The summed E-state index contributed by atoms with van der Waals surface area (Å²) in [5.74, 6) is 1.05. The highest BCUT2D eigenvalue weighted by molar-refractivity contribution is 5.81. The van der Waals surface area contributed by atoms with E-state index in [1.165, 1.54) is 25.7 Å². The van der Waals surface area contributed by atoms with E-state index >= 15 is 0 Å². The van der Waals surface area contributed by atoms with E-state index in [0.717, 1.165) is 12.3 Å². The van der Waals surface area contributed by atoms with Gasteiger partial charge in [-0.05, 0) is 19.3 Å². The highest BCUT2D eigenvalue weighted by Crippen LogP contribution is 2.28. The maximum Gasteiger partial charge on any atom is 0.251 e. The molecule has 5 nitrogen and oxygen atoms in total. The van der Waals surface area contributed by atoms with E-state index in [1.807, 2.05) is 4.90 Å². The molecule has 1 aliphatic heterocycles. The third-order valence-electron chi connectivity index (χ3n) is 4.89. The molecule has 120 valence electrons. The van der Waals surface area contributed by atoms with E-state index < -0.39 is 6.10 Å². The Kier molecular flexibility index (Phi) is 6.03. The first-order valence-electron chi connectivity index (χ1n) is 8.21. The Morgan fingerprint density at radius 1 is 1.10 bits per heavy atom. The number of amides is 2. The van der Waals surface area contributed by atoms with Crippen LogP contribution in [0.3, 0.4) is 0 Å². The molecule has 1 aliphatic carbocycles. The molecule has 2 aliphatic rings. The van der Waals surface area contributed by atoms with Gasteiger partial charge in [0.05, 0.1) is 0 Å². The molecule has 1 heterocycles. The first kappa shape index (κ1) is 16.3. The number of carbonyl (C=O) groups excluding carboxylic acids is 2. The van der Waals surface area contributed by atoms with E-state index in [2.05, 4.69) is 0 Å². The number of piperazine rings is 1. The highest BCUT2D eigenvalue weighted by atomic mass is 16.5. The largest absolute Gasteiger partial charge is 0.372 e. The van der Waals surface area contributed by atoms with Crippen molar-refractivity contribution in [2.45, 2.75) is 51.6 Å². The van der Waals surface area contributed by atoms with Gasteiger partial charge in [-0.2, -0.15) is 0 Å². The van der Waals surface area contributed by atoms with Crippen LogP contribution >= 0.6 is 0 Å². The standard InChI is InChI=1S/C16H28N2O3/c1-13(21-2)16(20)18-11-9-17(10-12-18)15(19)8-7-14-5-3-4-6-14/h13-14H,3-12H2,1-2H3. The van der Waals surface area contributed by atoms with Crippen LogP contribution in [-0.4, -0.2) is 61.0 Å². The van der Waals surface area contributed by atoms with Gasteiger partial charge in [0.2, 0.25) is 5.91 Å². The van der Waals surface area contributed by atoms with E-state index in [0.29, 0.717) is 32.6 Å². The van der Waals surface area contributed by atoms with Gasteiger partial charge in [0, 0.05) is 39.7 Å². The second-order valence-corrected chi connectivity index (χ2v) is 6.27. The third kappa shape index (κ3) is 4.43. The lowest BCUT2D eigenvalue weighted by atomic mass is 10.0. The summed E-state index contributed by atoms with van der Waals surface area (Å²) in [6.07, 6.45) is 6.57. The van der Waals surface area contributed by atoms with Gasteiger partial charge >= 0.3 is 0 Å². The molecule has 2 rings (SSSR count). The second-order valence-electron chi connectivity index (χ2n) is 6.27. The van der Waals surface area contributed by atoms with Crippen LogP contribution in [-0.2, 0) is 14.3 Å². The highest BCUT2D eigenvalue weighted by Gasteiger charge is 2.27. The normalized spacial score (nSPS) is 21.6. The number of nitrogens with zero attached hydrogens (tertiary/aromatic N) is 2. The summed E-state index contributed by atoms with van der Waals surface area (Å²) >= 11 is 0. The van der Waals surface area contributed by atoms with Gasteiger partial charge in [-0.1, -0.05) is 25.7 Å². The van der Waals surface area contributed by atoms with Crippen LogP contribution in [0.25, 0.3) is 0 Å². The Hall–Kier alpha value is -1.10. The molecule has 0 N–H and O–H groups in total. The molecule has 1 atom stereocenters. The van der Waals surface area contributed by atoms with Crippen molar-refractivity contribution in [3.63, 3.8) is 0 Å². The molecular weight excluding hydrogens is 268 g/mol. The quantitative estimate of drug-likeness (QED) is 0.775. The molecule has 5 heteroatoms. The minimum atomic E-state index is -0.394. The summed E-state index contributed by atoms with van der Waals surface area (Å²) < 4.78 is 5.06. The summed E-state index contributed by atoms with van der Waals surface area (Å²) in [5, 5.41) is 0. The van der Waals surface area contributed by atoms with Crippen LogP contribution in [0.4, 0.5) is 0 Å². The third-order valence-corrected chi connectivity index (χ3v) is 4.89. The maximum atomic E-state index is 12.2. The number of hydrogen-bond acceptors (Lipinski definition) is 3. The summed E-state index contributed by atoms with van der Waals surface area (Å²) in [4.78, 5) is 27.9. The molecule has 0 radical (unpaired) electrons. The molecule has 0 aromatic heterocycles. The Morgan fingerprint density at radius 3 is 2.24 bits per heavy atom. The van der Waals surface area contributed by atoms with Crippen LogP contribution in [0, 0.1) is 5.92 Å². The van der Waals surface area contributed by atoms with Gasteiger partial charge < -0.3 is 14.5 Å². The maximum absolute atomic E-state index is 12.2. The Morgan fingerprint density at radius 2 is 1.67 bits per heavy atom. The lowest BCUT2D eigenvalue weighted by Gasteiger charge is -2.36. The lowest BCUT2D eigenvalue weighted by Crippen LogP contribution is -2.52. The van der Waals surface area contributed by atoms with Crippen molar-refractivity contribution in [3.8, 4) is 0 Å². The molecule has 1 saturated carbocycles. The fourth-order valence-corrected chi connectivity index (χ4v) is 3.32. The van der Waals surface area contributed by atoms with Crippen molar-refractivity contribution in [1.29, 1.82) is 0 Å². The SMILES string of the molecule is COC(C)C(=O)N1CCN(C(=O)CCC2CCCC2)CC1. The van der Waals surface area contributed by atoms with Gasteiger partial charge in [-0.15, -0.1) is 0 Å². The number of methoxy groups -OCH3 is 1. The van der Waals surface area contributed by atoms with Crippen molar-refractivity contribution in [2.24, 2.45) is 5.92 Å². The number of ether oxygens (including phenoxy) is 1. The molecule has 1 unspecified atom stereocenters. The average Bonchev–Trinajstić information content (AvgIpc) is 3.04. The smallest absolute Gasteiger partial charge is 0.251 e. The molecule has 1 saturated heterocycles. The van der Waals surface area contributed by atoms with Crippen molar-refractivity contribution < 1.29 is 14.3 Å². The van der Waals surface area contributed by atoms with Crippen LogP contribution in [0.5, 0.6) is 0 Å². The molecular formula is C16H28N2O3. The minimum Gasteiger partial charge on any atom is -0.372 e. The Bertz CT molecular complexity index is 359. The van der Waals surface area contributed by atoms with Crippen LogP contribution in [0.2, 0.25) is 0 Å². The van der Waals surface area contributed by atoms with E-state index in [4.69, 9.17) is 4.74 Å². The molecule has 0 aromatic rings. The van der Waals surface area contributed by atoms with Crippen molar-refractivity contribution in [1.82, 2.24) is 9.80 Å². The van der Waals surface area contributed by atoms with Gasteiger partial charge in [-0.3, -0.25) is 9.59 Å². The van der Waals surface area contributed by atoms with Crippen LogP contribution < -0.4 is 0 Å². The molecule has 2 amide bonds. The topological polar surface area (TPSA) is 49.9 Å². The fourth-order valence-electron chi connectivity index (χ4n) is 3.32. The van der Waals surface area contributed by atoms with Crippen molar-refractivity contribution in [2.75, 3.05) is 33.3 Å². The van der Waals surface area contributed by atoms with Gasteiger partial charge in [0.15, 0.2) is 0 Å². The van der Waals surface area contributed by atoms with Gasteiger partial charge in [-0.25, -0.2) is 0 Å². The van der Waals surface area contributed by atoms with Crippen molar-refractivity contribution >= 4 is 11.8 Å². The van der Waals surface area contributed by atoms with E-state index in [-0.39, 0.29) is 11.8 Å². The first-order valence-corrected chi connectivity index (χ1v) is 8.21. The predicted octanol–water partition coefficient (Wildman–Crippen LogP) is 1.66. The summed E-state index contributed by atoms with van der Waals surface area (Å²) in [5.41, 5.74) is 0. The number of carbonyl (C=O) groups is 2. The monoisotopic (exact) mass is 296 g/mol. The Balaban J connectivity index is 1.70. The molecule has 0 spiro atoms. The predicted molar refractivity (Wildman–Crippen MR) is 80.8 cm³/mol. The van der Waals surface area contributed by atoms with Crippen LogP contribution in [0.1, 0.15) is 45.4 Å². The van der Waals surface area contributed by atoms with Gasteiger partial charge in [0.1, 0.15) is 6.10 Å². The zero-order valence-corrected chi connectivity index (χ0v) is 13.3. The Labute approximate surface area is 127 Å². The van der Waals surface area contributed by atoms with Crippen LogP contribution in [0.15, 0.2) is 0 Å². The van der Waals surface area contributed by atoms with E-state index in [9.17, 15) is 9.59 Å². The summed E-state index contributed by atoms with van der Waals surface area (Å²) in [6.45, 7) is 4.34. The first-order chi connectivity index (χ1) is 10.1. The molecule has 21 heavy (non-hydrogen) atoms. The van der Waals surface area contributed by atoms with E-state index in [1.54, 1.807) is 18.9 Å². The average molecular weight is 296 g/mol. The second kappa shape index (κ2) is 7.78. The fraction of sp³-hybridized carbons (Fsp3) is 0.875. The molecule has 0 bridgehead atoms. The van der Waals surface area contributed by atoms with Gasteiger partial charge in [0.25, 0.3) is 5.91 Å². The van der Waals surface area contributed by atoms with Crippen molar-refractivity contribution in [3.05, 3.63) is 0 Å². The zero-order valence-electron chi connectivity index (χ0n) is 13.3. The molecule has 2 fully saturated rings. The number of hydrogen-bond donors (Lipinski definition) is 0. The zero-order chi connectivity index (χ0) is 15.2. The minimum absolute atomic E-state index is 0.0237. The summed E-state index contributed by atoms with van der Waals surface area (Å²) in [6, 6.07) is 0. The lowest BCUT2D eigenvalue weighted by molar-refractivity contribution is -0.146.